The molecule has 1 aromatic carbocycles. The molecular formula is C20H27FN2O2. The Labute approximate surface area is 148 Å². The number of nitrogens with one attached hydrogen (secondary N) is 1. The van der Waals surface area contributed by atoms with Crippen molar-refractivity contribution >= 4 is 11.8 Å². The second-order valence-electron chi connectivity index (χ2n) is 7.45. The Morgan fingerprint density at radius 3 is 2.32 bits per heavy atom. The number of carbonyl (C=O) groups excluding carboxylic acids is 2. The highest BCUT2D eigenvalue weighted by molar-refractivity contribution is 5.94. The molecule has 136 valence electrons. The highest BCUT2D eigenvalue weighted by atomic mass is 19.1. The minimum Gasteiger partial charge on any atom is -0.353 e. The van der Waals surface area contributed by atoms with E-state index >= 15 is 0 Å². The van der Waals surface area contributed by atoms with Crippen molar-refractivity contribution in [2.45, 2.75) is 51.5 Å². The largest absolute Gasteiger partial charge is 0.353 e. The zero-order valence-electron chi connectivity index (χ0n) is 14.8. The van der Waals surface area contributed by atoms with E-state index in [1.165, 1.54) is 43.5 Å². The average Bonchev–Trinajstić information content (AvgIpc) is 2.64. The summed E-state index contributed by atoms with van der Waals surface area (Å²) in [5.41, 5.74) is 0.500. The second-order valence-corrected chi connectivity index (χ2v) is 7.45. The van der Waals surface area contributed by atoms with E-state index in [-0.39, 0.29) is 23.5 Å². The molecule has 2 amide bonds. The molecule has 1 heterocycles. The summed E-state index contributed by atoms with van der Waals surface area (Å²) in [6.07, 6.45) is 6.11. The third-order valence-corrected chi connectivity index (χ3v) is 5.68. The summed E-state index contributed by atoms with van der Waals surface area (Å²) in [5, 5.41) is 3.24. The van der Waals surface area contributed by atoms with Gasteiger partial charge in [-0.3, -0.25) is 9.59 Å². The molecule has 2 aliphatic rings. The first-order valence-corrected chi connectivity index (χ1v) is 9.40. The fourth-order valence-electron chi connectivity index (χ4n) is 3.95. The number of piperidine rings is 1. The van der Waals surface area contributed by atoms with Crippen LogP contribution in [0.25, 0.3) is 0 Å². The Kier molecular flexibility index (Phi) is 5.71. The van der Waals surface area contributed by atoms with Gasteiger partial charge in [-0.25, -0.2) is 4.39 Å². The van der Waals surface area contributed by atoms with Gasteiger partial charge in [0.2, 0.25) is 5.91 Å². The number of rotatable bonds is 3. The highest BCUT2D eigenvalue weighted by Gasteiger charge is 2.30. The van der Waals surface area contributed by atoms with Gasteiger partial charge in [0.15, 0.2) is 0 Å². The van der Waals surface area contributed by atoms with Crippen molar-refractivity contribution < 1.29 is 14.0 Å². The van der Waals surface area contributed by atoms with Gasteiger partial charge in [-0.1, -0.05) is 19.8 Å². The highest BCUT2D eigenvalue weighted by Crippen LogP contribution is 2.25. The lowest BCUT2D eigenvalue weighted by molar-refractivity contribution is -0.127. The fraction of sp³-hybridized carbons (Fsp3) is 0.600. The van der Waals surface area contributed by atoms with Crippen molar-refractivity contribution in [3.05, 3.63) is 35.6 Å². The van der Waals surface area contributed by atoms with Crippen LogP contribution in [0, 0.1) is 17.7 Å². The van der Waals surface area contributed by atoms with E-state index in [9.17, 15) is 14.0 Å². The Bertz CT molecular complexity index is 609. The van der Waals surface area contributed by atoms with Crippen LogP contribution < -0.4 is 5.32 Å². The van der Waals surface area contributed by atoms with Crippen LogP contribution in [-0.2, 0) is 4.79 Å². The van der Waals surface area contributed by atoms with Crippen LogP contribution in [0.4, 0.5) is 4.39 Å². The molecule has 25 heavy (non-hydrogen) atoms. The Morgan fingerprint density at radius 1 is 1.04 bits per heavy atom. The second kappa shape index (κ2) is 7.98. The minimum atomic E-state index is -0.344. The minimum absolute atomic E-state index is 0.00797. The van der Waals surface area contributed by atoms with E-state index in [2.05, 4.69) is 12.2 Å². The van der Waals surface area contributed by atoms with Crippen LogP contribution in [0.2, 0.25) is 0 Å². The van der Waals surface area contributed by atoms with E-state index in [0.717, 1.165) is 6.42 Å². The summed E-state index contributed by atoms with van der Waals surface area (Å²) in [4.78, 5) is 26.8. The zero-order valence-corrected chi connectivity index (χ0v) is 14.8. The zero-order chi connectivity index (χ0) is 17.8. The van der Waals surface area contributed by atoms with Crippen LogP contribution in [0.15, 0.2) is 24.3 Å². The lowest BCUT2D eigenvalue weighted by atomic mass is 9.85. The number of likely N-dealkylation sites (tertiary alicyclic amines) is 1. The van der Waals surface area contributed by atoms with E-state index in [1.54, 1.807) is 4.90 Å². The van der Waals surface area contributed by atoms with Gasteiger partial charge in [0, 0.05) is 30.6 Å². The first kappa shape index (κ1) is 17.9. The molecule has 1 N–H and O–H groups in total. The van der Waals surface area contributed by atoms with Crippen molar-refractivity contribution in [3.63, 3.8) is 0 Å². The molecule has 1 saturated heterocycles. The average molecular weight is 346 g/mol. The van der Waals surface area contributed by atoms with Crippen molar-refractivity contribution in [1.29, 1.82) is 0 Å². The van der Waals surface area contributed by atoms with Gasteiger partial charge in [-0.15, -0.1) is 0 Å². The van der Waals surface area contributed by atoms with Crippen LogP contribution in [0.1, 0.15) is 55.8 Å². The first-order chi connectivity index (χ1) is 12.0. The summed E-state index contributed by atoms with van der Waals surface area (Å²) in [5.74, 6) is 0.264. The van der Waals surface area contributed by atoms with E-state index in [0.29, 0.717) is 43.5 Å². The smallest absolute Gasteiger partial charge is 0.253 e. The van der Waals surface area contributed by atoms with Gasteiger partial charge < -0.3 is 10.2 Å². The van der Waals surface area contributed by atoms with Gasteiger partial charge in [0.25, 0.3) is 5.91 Å². The van der Waals surface area contributed by atoms with Crippen molar-refractivity contribution in [3.8, 4) is 0 Å². The lowest BCUT2D eigenvalue weighted by Gasteiger charge is -2.34. The van der Waals surface area contributed by atoms with Gasteiger partial charge in [-0.2, -0.15) is 0 Å². The molecule has 1 aliphatic heterocycles. The molecule has 3 rings (SSSR count). The predicted octanol–water partition coefficient (Wildman–Crippen LogP) is 3.37. The number of hydrogen-bond donors (Lipinski definition) is 1. The Morgan fingerprint density at radius 2 is 1.68 bits per heavy atom. The SMILES string of the molecule is CC1CCCCC1NC(=O)C1CCN(C(=O)c2ccc(F)cc2)CC1. The molecule has 4 nitrogen and oxygen atoms in total. The number of halogens is 1. The van der Waals surface area contributed by atoms with Crippen molar-refractivity contribution in [2.24, 2.45) is 11.8 Å². The summed E-state index contributed by atoms with van der Waals surface area (Å²) >= 11 is 0. The van der Waals surface area contributed by atoms with Gasteiger partial charge >= 0.3 is 0 Å². The predicted molar refractivity (Wildman–Crippen MR) is 94.6 cm³/mol. The maximum absolute atomic E-state index is 13.0. The molecule has 2 unspecified atom stereocenters. The van der Waals surface area contributed by atoms with Gasteiger partial charge in [0.05, 0.1) is 0 Å². The van der Waals surface area contributed by atoms with Crippen molar-refractivity contribution in [1.82, 2.24) is 10.2 Å². The molecule has 0 aromatic heterocycles. The molecule has 0 radical (unpaired) electrons. The topological polar surface area (TPSA) is 49.4 Å². The van der Waals surface area contributed by atoms with E-state index in [1.807, 2.05) is 0 Å². The molecule has 1 aromatic rings. The van der Waals surface area contributed by atoms with Crippen LogP contribution in [0.5, 0.6) is 0 Å². The van der Waals surface area contributed by atoms with Crippen LogP contribution in [0.3, 0.4) is 0 Å². The van der Waals surface area contributed by atoms with Gasteiger partial charge in [0.1, 0.15) is 5.82 Å². The number of hydrogen-bond acceptors (Lipinski definition) is 2. The molecular weight excluding hydrogens is 319 g/mol. The normalized spacial score (nSPS) is 24.8. The Balaban J connectivity index is 1.50. The fourth-order valence-corrected chi connectivity index (χ4v) is 3.95. The summed E-state index contributed by atoms with van der Waals surface area (Å²) in [6.45, 7) is 3.37. The monoisotopic (exact) mass is 346 g/mol. The number of carbonyl (C=O) groups is 2. The Hall–Kier alpha value is -1.91. The van der Waals surface area contributed by atoms with Gasteiger partial charge in [-0.05, 0) is 55.9 Å². The number of nitrogens with zero attached hydrogens (tertiary/aromatic N) is 1. The summed E-state index contributed by atoms with van der Waals surface area (Å²) < 4.78 is 13.0. The number of amides is 2. The van der Waals surface area contributed by atoms with Crippen molar-refractivity contribution in [2.75, 3.05) is 13.1 Å². The lowest BCUT2D eigenvalue weighted by Crippen LogP contribution is -2.47. The molecule has 2 fully saturated rings. The third kappa shape index (κ3) is 4.39. The van der Waals surface area contributed by atoms with E-state index < -0.39 is 0 Å². The standard InChI is InChI=1S/C20H27FN2O2/c1-14-4-2-3-5-18(14)22-19(24)15-10-12-23(13-11-15)20(25)16-6-8-17(21)9-7-16/h6-9,14-15,18H,2-5,10-13H2,1H3,(H,22,24). The number of benzene rings is 1. The molecule has 5 heteroatoms. The quantitative estimate of drug-likeness (QED) is 0.912. The molecule has 1 aliphatic carbocycles. The summed E-state index contributed by atoms with van der Waals surface area (Å²) in [6, 6.07) is 5.94. The molecule has 2 atom stereocenters. The van der Waals surface area contributed by atoms with E-state index in [4.69, 9.17) is 0 Å². The maximum atomic E-state index is 13.0. The molecule has 1 saturated carbocycles. The van der Waals surface area contributed by atoms with Crippen LogP contribution >= 0.6 is 0 Å². The first-order valence-electron chi connectivity index (χ1n) is 9.40. The maximum Gasteiger partial charge on any atom is 0.253 e. The molecule has 0 bridgehead atoms. The third-order valence-electron chi connectivity index (χ3n) is 5.68. The van der Waals surface area contributed by atoms with Crippen LogP contribution in [-0.4, -0.2) is 35.8 Å². The summed E-state index contributed by atoms with van der Waals surface area (Å²) in [7, 11) is 0. The molecule has 0 spiro atoms.